The van der Waals surface area contributed by atoms with Crippen molar-refractivity contribution in [3.8, 4) is 0 Å². The summed E-state index contributed by atoms with van der Waals surface area (Å²) in [6, 6.07) is 3.69. The Kier molecular flexibility index (Phi) is 2.11. The largest absolute Gasteiger partial charge is 0.314 e. The SMILES string of the molecule is CC1Cc2ccsc2C2CNCCN12. The molecule has 3 rings (SSSR count). The van der Waals surface area contributed by atoms with Gasteiger partial charge in [0, 0.05) is 30.6 Å². The number of nitrogens with one attached hydrogen (secondary N) is 1. The average Bonchev–Trinajstić information content (AvgIpc) is 2.66. The molecule has 0 radical (unpaired) electrons. The number of fused-ring (bicyclic) bond motifs is 3. The predicted molar refractivity (Wildman–Crippen MR) is 59.8 cm³/mol. The molecule has 2 aliphatic rings. The highest BCUT2D eigenvalue weighted by molar-refractivity contribution is 7.10. The quantitative estimate of drug-likeness (QED) is 0.697. The lowest BCUT2D eigenvalue weighted by molar-refractivity contribution is 0.104. The van der Waals surface area contributed by atoms with Crippen molar-refractivity contribution >= 4 is 11.3 Å². The van der Waals surface area contributed by atoms with Crippen LogP contribution in [0.1, 0.15) is 23.4 Å². The summed E-state index contributed by atoms with van der Waals surface area (Å²) in [7, 11) is 0. The van der Waals surface area contributed by atoms with Crippen LogP contribution in [0.5, 0.6) is 0 Å². The molecule has 1 saturated heterocycles. The van der Waals surface area contributed by atoms with E-state index in [4.69, 9.17) is 0 Å². The fourth-order valence-corrected chi connectivity index (χ4v) is 3.79. The van der Waals surface area contributed by atoms with Crippen molar-refractivity contribution in [2.24, 2.45) is 0 Å². The zero-order chi connectivity index (χ0) is 9.54. The first kappa shape index (κ1) is 8.89. The Bertz CT molecular complexity index is 334. The van der Waals surface area contributed by atoms with Crippen LogP contribution in [0, 0.1) is 0 Å². The third-order valence-electron chi connectivity index (χ3n) is 3.45. The molecule has 0 aromatic carbocycles. The molecule has 14 heavy (non-hydrogen) atoms. The van der Waals surface area contributed by atoms with Gasteiger partial charge in [-0.25, -0.2) is 0 Å². The molecule has 2 unspecified atom stereocenters. The molecule has 2 nitrogen and oxygen atoms in total. The molecular formula is C11H16N2S. The Labute approximate surface area is 88.9 Å². The zero-order valence-corrected chi connectivity index (χ0v) is 9.31. The summed E-state index contributed by atoms with van der Waals surface area (Å²) in [5, 5.41) is 5.75. The minimum Gasteiger partial charge on any atom is -0.314 e. The number of piperazine rings is 1. The van der Waals surface area contributed by atoms with E-state index in [-0.39, 0.29) is 0 Å². The van der Waals surface area contributed by atoms with Crippen LogP contribution in [0.15, 0.2) is 11.4 Å². The van der Waals surface area contributed by atoms with E-state index >= 15 is 0 Å². The Morgan fingerprint density at radius 3 is 3.43 bits per heavy atom. The van der Waals surface area contributed by atoms with E-state index in [0.29, 0.717) is 6.04 Å². The standard InChI is InChI=1S/C11H16N2S/c1-8-6-9-2-5-14-11(9)10-7-12-3-4-13(8)10/h2,5,8,10,12H,3-4,6-7H2,1H3. The third kappa shape index (κ3) is 1.23. The fourth-order valence-electron chi connectivity index (χ4n) is 2.73. The topological polar surface area (TPSA) is 15.3 Å². The van der Waals surface area contributed by atoms with Crippen molar-refractivity contribution in [3.05, 3.63) is 21.9 Å². The van der Waals surface area contributed by atoms with Gasteiger partial charge in [-0.1, -0.05) is 0 Å². The summed E-state index contributed by atoms with van der Waals surface area (Å²) in [6.07, 6.45) is 1.25. The molecular weight excluding hydrogens is 192 g/mol. The maximum atomic E-state index is 3.50. The molecule has 0 amide bonds. The fraction of sp³-hybridized carbons (Fsp3) is 0.636. The van der Waals surface area contributed by atoms with Gasteiger partial charge in [-0.2, -0.15) is 0 Å². The second-order valence-corrected chi connectivity index (χ2v) is 5.27. The molecule has 2 atom stereocenters. The van der Waals surface area contributed by atoms with Gasteiger partial charge in [0.05, 0.1) is 6.04 Å². The molecule has 0 bridgehead atoms. The number of hydrogen-bond acceptors (Lipinski definition) is 3. The van der Waals surface area contributed by atoms with Crippen LogP contribution in [0.2, 0.25) is 0 Å². The van der Waals surface area contributed by atoms with E-state index in [9.17, 15) is 0 Å². The van der Waals surface area contributed by atoms with Gasteiger partial charge in [-0.15, -0.1) is 11.3 Å². The van der Waals surface area contributed by atoms with Gasteiger partial charge in [-0.05, 0) is 30.4 Å². The molecule has 3 heteroatoms. The van der Waals surface area contributed by atoms with Crippen LogP contribution in [-0.2, 0) is 6.42 Å². The van der Waals surface area contributed by atoms with Gasteiger partial charge in [0.25, 0.3) is 0 Å². The minimum absolute atomic E-state index is 0.655. The van der Waals surface area contributed by atoms with Gasteiger partial charge >= 0.3 is 0 Å². The summed E-state index contributed by atoms with van der Waals surface area (Å²) < 4.78 is 0. The number of hydrogen-bond donors (Lipinski definition) is 1. The Morgan fingerprint density at radius 1 is 1.57 bits per heavy atom. The monoisotopic (exact) mass is 208 g/mol. The minimum atomic E-state index is 0.655. The normalized spacial score (nSPS) is 32.4. The van der Waals surface area contributed by atoms with Crippen molar-refractivity contribution in [1.82, 2.24) is 10.2 Å². The molecule has 0 aliphatic carbocycles. The van der Waals surface area contributed by atoms with Crippen molar-refractivity contribution in [2.45, 2.75) is 25.4 Å². The van der Waals surface area contributed by atoms with Crippen molar-refractivity contribution < 1.29 is 0 Å². The number of nitrogens with zero attached hydrogens (tertiary/aromatic N) is 1. The van der Waals surface area contributed by atoms with Gasteiger partial charge in [0.1, 0.15) is 0 Å². The summed E-state index contributed by atoms with van der Waals surface area (Å²) >= 11 is 1.93. The first-order valence-corrected chi connectivity index (χ1v) is 6.27. The zero-order valence-electron chi connectivity index (χ0n) is 8.49. The average molecular weight is 208 g/mol. The second-order valence-electron chi connectivity index (χ2n) is 4.32. The van der Waals surface area contributed by atoms with Crippen LogP contribution < -0.4 is 5.32 Å². The number of rotatable bonds is 0. The summed E-state index contributed by atoms with van der Waals surface area (Å²) in [5.74, 6) is 0. The van der Waals surface area contributed by atoms with E-state index < -0.39 is 0 Å². The van der Waals surface area contributed by atoms with Gasteiger partial charge in [0.15, 0.2) is 0 Å². The summed E-state index contributed by atoms with van der Waals surface area (Å²) in [6.45, 7) is 5.86. The lowest BCUT2D eigenvalue weighted by atomic mass is 9.94. The summed E-state index contributed by atoms with van der Waals surface area (Å²) in [5.41, 5.74) is 1.59. The number of thiophene rings is 1. The Balaban J connectivity index is 2.00. The van der Waals surface area contributed by atoms with Gasteiger partial charge in [-0.3, -0.25) is 4.90 Å². The molecule has 1 aromatic heterocycles. The van der Waals surface area contributed by atoms with Crippen LogP contribution in [0.3, 0.4) is 0 Å². The molecule has 3 heterocycles. The highest BCUT2D eigenvalue weighted by Gasteiger charge is 2.34. The van der Waals surface area contributed by atoms with E-state index in [1.165, 1.54) is 13.0 Å². The second kappa shape index (κ2) is 3.33. The molecule has 2 aliphatic heterocycles. The maximum absolute atomic E-state index is 3.50. The smallest absolute Gasteiger partial charge is 0.0572 e. The molecule has 1 N–H and O–H groups in total. The highest BCUT2D eigenvalue weighted by Crippen LogP contribution is 2.36. The molecule has 0 spiro atoms. The maximum Gasteiger partial charge on any atom is 0.0572 e. The van der Waals surface area contributed by atoms with E-state index in [1.807, 2.05) is 11.3 Å². The molecule has 1 aromatic rings. The van der Waals surface area contributed by atoms with Crippen LogP contribution in [0.25, 0.3) is 0 Å². The lowest BCUT2D eigenvalue weighted by Gasteiger charge is -2.43. The van der Waals surface area contributed by atoms with Crippen LogP contribution >= 0.6 is 11.3 Å². The third-order valence-corrected chi connectivity index (χ3v) is 4.51. The van der Waals surface area contributed by atoms with Crippen molar-refractivity contribution in [1.29, 1.82) is 0 Å². The van der Waals surface area contributed by atoms with Crippen LogP contribution in [-0.4, -0.2) is 30.6 Å². The highest BCUT2D eigenvalue weighted by atomic mass is 32.1. The van der Waals surface area contributed by atoms with Gasteiger partial charge < -0.3 is 5.32 Å². The molecule has 0 saturated carbocycles. The molecule has 1 fully saturated rings. The van der Waals surface area contributed by atoms with E-state index in [2.05, 4.69) is 28.6 Å². The lowest BCUT2D eigenvalue weighted by Crippen LogP contribution is -2.52. The van der Waals surface area contributed by atoms with E-state index in [1.54, 1.807) is 10.4 Å². The first-order chi connectivity index (χ1) is 6.86. The Hall–Kier alpha value is -0.380. The first-order valence-electron chi connectivity index (χ1n) is 5.39. The molecule has 76 valence electrons. The van der Waals surface area contributed by atoms with Crippen molar-refractivity contribution in [3.63, 3.8) is 0 Å². The Morgan fingerprint density at radius 2 is 2.50 bits per heavy atom. The summed E-state index contributed by atoms with van der Waals surface area (Å²) in [4.78, 5) is 4.27. The predicted octanol–water partition coefficient (Wildman–Crippen LogP) is 1.64. The van der Waals surface area contributed by atoms with Crippen LogP contribution in [0.4, 0.5) is 0 Å². The van der Waals surface area contributed by atoms with E-state index in [0.717, 1.165) is 19.1 Å². The van der Waals surface area contributed by atoms with Gasteiger partial charge in [0.2, 0.25) is 0 Å². The van der Waals surface area contributed by atoms with Crippen molar-refractivity contribution in [2.75, 3.05) is 19.6 Å².